The van der Waals surface area contributed by atoms with Gasteiger partial charge in [0.25, 0.3) is 0 Å². The second-order valence-electron chi connectivity index (χ2n) is 16.0. The van der Waals surface area contributed by atoms with E-state index in [1.807, 2.05) is 48.7 Å². The van der Waals surface area contributed by atoms with Crippen molar-refractivity contribution in [2.45, 2.75) is 19.3 Å². The molecular weight excluding hydrogens is 717 g/mol. The van der Waals surface area contributed by atoms with E-state index >= 15 is 0 Å². The molecule has 0 amide bonds. The molecule has 0 aliphatic heterocycles. The number of benzene rings is 8. The second kappa shape index (κ2) is 13.4. The summed E-state index contributed by atoms with van der Waals surface area (Å²) in [4.78, 5) is 15.6. The Morgan fingerprint density at radius 3 is 1.59 bits per heavy atom. The van der Waals surface area contributed by atoms with Crippen molar-refractivity contribution in [2.24, 2.45) is 0 Å². The molecule has 276 valence electrons. The minimum absolute atomic E-state index is 0.278. The predicted molar refractivity (Wildman–Crippen MR) is 242 cm³/mol. The van der Waals surface area contributed by atoms with Crippen LogP contribution in [0.2, 0.25) is 0 Å². The summed E-state index contributed by atoms with van der Waals surface area (Å²) < 4.78 is 0. The fourth-order valence-electron chi connectivity index (χ4n) is 9.10. The fourth-order valence-corrected chi connectivity index (χ4v) is 9.10. The summed E-state index contributed by atoms with van der Waals surface area (Å²) in [5.41, 5.74) is 13.9. The molecule has 0 unspecified atom stereocenters. The largest absolute Gasteiger partial charge is 0.256 e. The Labute approximate surface area is 342 Å². The van der Waals surface area contributed by atoms with Gasteiger partial charge in [0.15, 0.2) is 5.82 Å². The normalized spacial score (nSPS) is 12.7. The highest BCUT2D eigenvalue weighted by atomic mass is 14.9. The number of hydrogen-bond donors (Lipinski definition) is 0. The summed E-state index contributed by atoms with van der Waals surface area (Å²) in [6, 6.07) is 64.1. The van der Waals surface area contributed by atoms with E-state index in [9.17, 15) is 5.26 Å². The van der Waals surface area contributed by atoms with E-state index < -0.39 is 0 Å². The van der Waals surface area contributed by atoms with Crippen LogP contribution < -0.4 is 0 Å². The van der Waals surface area contributed by atoms with Gasteiger partial charge in [-0.2, -0.15) is 5.26 Å². The predicted octanol–water partition coefficient (Wildman–Crippen LogP) is 13.8. The standard InChI is InChI=1S/C55H36N4/c1-55(2)49-25-34(32-56)21-23-45(49)46-24-22-37(29-50(46)55)38-26-39(51-30-47-43-19-11-9-17-41(43)42-18-10-12-20-44(42)48(47)33-57-51)28-40(27-38)53-31-52(35-13-5-3-6-14-35)58-54(59-53)36-15-7-4-8-16-36/h3-31,33H,1-2H3. The van der Waals surface area contributed by atoms with E-state index in [0.717, 1.165) is 55.8 Å². The van der Waals surface area contributed by atoms with E-state index in [0.29, 0.717) is 11.4 Å². The van der Waals surface area contributed by atoms with Gasteiger partial charge in [0, 0.05) is 39.3 Å². The van der Waals surface area contributed by atoms with Crippen molar-refractivity contribution >= 4 is 32.3 Å². The molecule has 1 aliphatic carbocycles. The zero-order chi connectivity index (χ0) is 39.7. The molecule has 2 aromatic heterocycles. The number of nitrogens with zero attached hydrogens (tertiary/aromatic N) is 4. The molecule has 0 radical (unpaired) electrons. The van der Waals surface area contributed by atoms with Gasteiger partial charge in [-0.15, -0.1) is 0 Å². The topological polar surface area (TPSA) is 62.5 Å². The summed E-state index contributed by atoms with van der Waals surface area (Å²) in [5.74, 6) is 0.671. The molecule has 0 saturated carbocycles. The van der Waals surface area contributed by atoms with Crippen molar-refractivity contribution in [2.75, 3.05) is 0 Å². The number of nitriles is 1. The lowest BCUT2D eigenvalue weighted by molar-refractivity contribution is 0.660. The molecule has 0 spiro atoms. The summed E-state index contributed by atoms with van der Waals surface area (Å²) in [5, 5.41) is 16.9. The Hall–Kier alpha value is -7.74. The molecular formula is C55H36N4. The van der Waals surface area contributed by atoms with Crippen LogP contribution in [0, 0.1) is 11.3 Å². The van der Waals surface area contributed by atoms with Crippen molar-refractivity contribution < 1.29 is 0 Å². The van der Waals surface area contributed by atoms with Crippen LogP contribution in [0.5, 0.6) is 0 Å². The van der Waals surface area contributed by atoms with Crippen LogP contribution in [0.1, 0.15) is 30.5 Å². The van der Waals surface area contributed by atoms with Crippen LogP contribution in [-0.4, -0.2) is 15.0 Å². The van der Waals surface area contributed by atoms with Crippen LogP contribution in [0.15, 0.2) is 182 Å². The van der Waals surface area contributed by atoms with Gasteiger partial charge in [0.1, 0.15) is 0 Å². The first-order chi connectivity index (χ1) is 28.9. The molecule has 10 aromatic rings. The van der Waals surface area contributed by atoms with Crippen LogP contribution in [0.4, 0.5) is 0 Å². The Kier molecular flexibility index (Phi) is 7.86. The van der Waals surface area contributed by atoms with Crippen molar-refractivity contribution in [3.05, 3.63) is 199 Å². The van der Waals surface area contributed by atoms with Crippen LogP contribution in [0.3, 0.4) is 0 Å². The zero-order valence-electron chi connectivity index (χ0n) is 32.6. The maximum Gasteiger partial charge on any atom is 0.160 e. The van der Waals surface area contributed by atoms with Gasteiger partial charge in [-0.3, -0.25) is 4.98 Å². The lowest BCUT2D eigenvalue weighted by atomic mass is 9.81. The first kappa shape index (κ1) is 34.5. The first-order valence-corrected chi connectivity index (χ1v) is 20.0. The molecule has 0 N–H and O–H groups in total. The molecule has 4 heteroatoms. The maximum absolute atomic E-state index is 9.75. The summed E-state index contributed by atoms with van der Waals surface area (Å²) in [7, 11) is 0. The highest BCUT2D eigenvalue weighted by Gasteiger charge is 2.36. The smallest absolute Gasteiger partial charge is 0.160 e. The van der Waals surface area contributed by atoms with Gasteiger partial charge in [0.05, 0.1) is 28.7 Å². The number of fused-ring (bicyclic) bond motifs is 9. The quantitative estimate of drug-likeness (QED) is 0.164. The van der Waals surface area contributed by atoms with E-state index in [1.54, 1.807) is 0 Å². The minimum atomic E-state index is -0.278. The molecule has 0 atom stereocenters. The average Bonchev–Trinajstić information content (AvgIpc) is 3.53. The minimum Gasteiger partial charge on any atom is -0.256 e. The van der Waals surface area contributed by atoms with E-state index in [4.69, 9.17) is 15.0 Å². The van der Waals surface area contributed by atoms with Crippen molar-refractivity contribution in [1.82, 2.24) is 15.0 Å². The van der Waals surface area contributed by atoms with Gasteiger partial charge < -0.3 is 0 Å². The van der Waals surface area contributed by atoms with Crippen LogP contribution in [-0.2, 0) is 5.41 Å². The lowest BCUT2D eigenvalue weighted by Crippen LogP contribution is -2.15. The number of pyridine rings is 1. The van der Waals surface area contributed by atoms with Crippen LogP contribution >= 0.6 is 0 Å². The van der Waals surface area contributed by atoms with E-state index in [-0.39, 0.29) is 5.41 Å². The molecule has 11 rings (SSSR count). The van der Waals surface area contributed by atoms with Crippen molar-refractivity contribution in [1.29, 1.82) is 5.26 Å². The molecule has 2 heterocycles. The highest BCUT2D eigenvalue weighted by Crippen LogP contribution is 2.50. The SMILES string of the molecule is CC1(C)c2cc(C#N)ccc2-c2ccc(-c3cc(-c4cc5c6ccccc6c6ccccc6c5cn4)cc(-c4cc(-c5ccccc5)nc(-c5ccccc5)n4)c3)cc21. The van der Waals surface area contributed by atoms with Crippen molar-refractivity contribution in [3.8, 4) is 73.5 Å². The van der Waals surface area contributed by atoms with E-state index in [2.05, 4.69) is 153 Å². The van der Waals surface area contributed by atoms with Crippen molar-refractivity contribution in [3.63, 3.8) is 0 Å². The Morgan fingerprint density at radius 2 is 0.932 bits per heavy atom. The first-order valence-electron chi connectivity index (χ1n) is 20.0. The molecule has 0 fully saturated rings. The molecule has 4 nitrogen and oxygen atoms in total. The Morgan fingerprint density at radius 1 is 0.407 bits per heavy atom. The highest BCUT2D eigenvalue weighted by molar-refractivity contribution is 6.25. The lowest BCUT2D eigenvalue weighted by Gasteiger charge is -2.22. The Bertz CT molecular complexity index is 3270. The third-order valence-corrected chi connectivity index (χ3v) is 12.1. The number of rotatable bonds is 5. The molecule has 8 aromatic carbocycles. The second-order valence-corrected chi connectivity index (χ2v) is 16.0. The number of aromatic nitrogens is 3. The molecule has 0 bridgehead atoms. The molecule has 1 aliphatic rings. The Balaban J connectivity index is 1.15. The van der Waals surface area contributed by atoms with Gasteiger partial charge in [-0.1, -0.05) is 141 Å². The summed E-state index contributed by atoms with van der Waals surface area (Å²) in [6.45, 7) is 4.52. The monoisotopic (exact) mass is 752 g/mol. The van der Waals surface area contributed by atoms with Gasteiger partial charge >= 0.3 is 0 Å². The van der Waals surface area contributed by atoms with E-state index in [1.165, 1.54) is 49.2 Å². The fraction of sp³-hybridized carbons (Fsp3) is 0.0545. The summed E-state index contributed by atoms with van der Waals surface area (Å²) in [6.07, 6.45) is 2.04. The third kappa shape index (κ3) is 5.70. The average molecular weight is 753 g/mol. The number of hydrogen-bond acceptors (Lipinski definition) is 4. The maximum atomic E-state index is 9.75. The summed E-state index contributed by atoms with van der Waals surface area (Å²) >= 11 is 0. The van der Waals surface area contributed by atoms with Gasteiger partial charge in [-0.25, -0.2) is 9.97 Å². The van der Waals surface area contributed by atoms with Gasteiger partial charge in [0.2, 0.25) is 0 Å². The van der Waals surface area contributed by atoms with Crippen LogP contribution in [0.25, 0.3) is 99.7 Å². The molecule has 0 saturated heterocycles. The third-order valence-electron chi connectivity index (χ3n) is 12.1. The molecule has 59 heavy (non-hydrogen) atoms. The van der Waals surface area contributed by atoms with Gasteiger partial charge in [-0.05, 0) is 109 Å². The zero-order valence-corrected chi connectivity index (χ0v) is 32.6.